The molecule has 2 unspecified atom stereocenters. The van der Waals surface area contributed by atoms with E-state index in [4.69, 9.17) is 4.74 Å². The van der Waals surface area contributed by atoms with E-state index in [0.29, 0.717) is 6.10 Å². The van der Waals surface area contributed by atoms with Gasteiger partial charge in [-0.3, -0.25) is 0 Å². The lowest BCUT2D eigenvalue weighted by Crippen LogP contribution is -2.40. The Labute approximate surface area is 115 Å². The Morgan fingerprint density at radius 3 is 3.17 bits per heavy atom. The molecule has 0 amide bonds. The average Bonchev–Trinajstić information content (AvgIpc) is 2.69. The molecule has 1 fully saturated rings. The molecule has 18 heavy (non-hydrogen) atoms. The fraction of sp³-hybridized carbons (Fsp3) is 0.571. The molecule has 1 aromatic carbocycles. The predicted octanol–water partition coefficient (Wildman–Crippen LogP) is 3.84. The number of ether oxygens (including phenoxy) is 1. The van der Waals surface area contributed by atoms with Crippen LogP contribution in [-0.4, -0.2) is 19.3 Å². The first kappa shape index (κ1) is 12.4. The highest BCUT2D eigenvalue weighted by atomic mass is 79.9. The molecule has 0 aliphatic carbocycles. The van der Waals surface area contributed by atoms with Crippen molar-refractivity contribution >= 4 is 21.6 Å². The van der Waals surface area contributed by atoms with Crippen LogP contribution in [0.2, 0.25) is 0 Å². The average molecular weight is 314 g/mol. The summed E-state index contributed by atoms with van der Waals surface area (Å²) < 4.78 is 20.2. The van der Waals surface area contributed by atoms with E-state index in [1.807, 2.05) is 0 Å². The first-order valence-corrected chi connectivity index (χ1v) is 7.29. The Morgan fingerprint density at radius 2 is 2.39 bits per heavy atom. The third-order valence-corrected chi connectivity index (χ3v) is 4.86. The van der Waals surface area contributed by atoms with Gasteiger partial charge in [-0.2, -0.15) is 0 Å². The fourth-order valence-corrected chi connectivity index (χ4v) is 3.78. The Hall–Kier alpha value is -0.610. The van der Waals surface area contributed by atoms with Gasteiger partial charge in [-0.15, -0.1) is 0 Å². The molecular weight excluding hydrogens is 297 g/mol. The molecule has 0 saturated carbocycles. The predicted molar refractivity (Wildman–Crippen MR) is 73.5 cm³/mol. The van der Waals surface area contributed by atoms with Crippen molar-refractivity contribution in [1.29, 1.82) is 0 Å². The monoisotopic (exact) mass is 313 g/mol. The molecule has 0 aromatic heterocycles. The summed E-state index contributed by atoms with van der Waals surface area (Å²) in [6, 6.07) is 3.22. The lowest BCUT2D eigenvalue weighted by molar-refractivity contribution is -0.0179. The van der Waals surface area contributed by atoms with Crippen molar-refractivity contribution in [1.82, 2.24) is 0 Å². The van der Waals surface area contributed by atoms with Crippen LogP contribution in [-0.2, 0) is 10.2 Å². The van der Waals surface area contributed by atoms with E-state index in [1.54, 1.807) is 6.07 Å². The van der Waals surface area contributed by atoms with Gasteiger partial charge in [0.25, 0.3) is 0 Å². The van der Waals surface area contributed by atoms with Gasteiger partial charge in [0.15, 0.2) is 0 Å². The maximum atomic E-state index is 13.7. The van der Waals surface area contributed by atoms with Crippen LogP contribution in [0.5, 0.6) is 0 Å². The van der Waals surface area contributed by atoms with Crippen molar-refractivity contribution in [2.24, 2.45) is 0 Å². The highest BCUT2D eigenvalue weighted by molar-refractivity contribution is 9.10. The summed E-state index contributed by atoms with van der Waals surface area (Å²) in [6.45, 7) is 3.81. The van der Waals surface area contributed by atoms with Gasteiger partial charge in [-0.05, 0) is 52.9 Å². The largest absolute Gasteiger partial charge is 0.383 e. The lowest BCUT2D eigenvalue weighted by atomic mass is 9.73. The number of hydrogen-bond acceptors (Lipinski definition) is 2. The number of rotatable bonds is 1. The van der Waals surface area contributed by atoms with Crippen molar-refractivity contribution in [3.05, 3.63) is 28.0 Å². The molecule has 98 valence electrons. The topological polar surface area (TPSA) is 21.3 Å². The fourth-order valence-electron chi connectivity index (χ4n) is 3.21. The van der Waals surface area contributed by atoms with Crippen LogP contribution in [0.4, 0.5) is 10.1 Å². The normalized spacial score (nSPS) is 30.3. The Balaban J connectivity index is 2.03. The second-order valence-electron chi connectivity index (χ2n) is 5.30. The molecule has 1 saturated heterocycles. The zero-order chi connectivity index (χ0) is 12.8. The van der Waals surface area contributed by atoms with E-state index in [9.17, 15) is 4.39 Å². The Kier molecular flexibility index (Phi) is 3.10. The van der Waals surface area contributed by atoms with Crippen LogP contribution < -0.4 is 5.32 Å². The van der Waals surface area contributed by atoms with E-state index in [1.165, 1.54) is 6.07 Å². The third kappa shape index (κ3) is 1.86. The number of fused-ring (bicyclic) bond motifs is 2. The summed E-state index contributed by atoms with van der Waals surface area (Å²) in [5.74, 6) is -0.164. The molecule has 0 radical (unpaired) electrons. The van der Waals surface area contributed by atoms with E-state index in [0.717, 1.165) is 48.1 Å². The van der Waals surface area contributed by atoms with Gasteiger partial charge in [0.05, 0.1) is 11.8 Å². The molecule has 4 heteroatoms. The number of hydrogen-bond donors (Lipinski definition) is 1. The van der Waals surface area contributed by atoms with Crippen LogP contribution in [0.25, 0.3) is 0 Å². The molecule has 1 aromatic rings. The van der Waals surface area contributed by atoms with Crippen LogP contribution in [0.15, 0.2) is 16.6 Å². The minimum Gasteiger partial charge on any atom is -0.383 e. The van der Waals surface area contributed by atoms with Gasteiger partial charge in [-0.1, -0.05) is 6.92 Å². The first-order valence-electron chi connectivity index (χ1n) is 6.49. The standard InChI is InChI=1S/C14H17BrFNO/c1-2-10-7-14(3-4-18-10)8-17-13-11(14)5-9(16)6-12(13)15/h5-6,10,17H,2-4,7-8H2,1H3. The smallest absolute Gasteiger partial charge is 0.124 e. The van der Waals surface area contributed by atoms with E-state index < -0.39 is 0 Å². The van der Waals surface area contributed by atoms with Crippen molar-refractivity contribution in [3.8, 4) is 0 Å². The highest BCUT2D eigenvalue weighted by Crippen LogP contribution is 2.48. The summed E-state index contributed by atoms with van der Waals surface area (Å²) in [6.07, 6.45) is 3.28. The van der Waals surface area contributed by atoms with Crippen molar-refractivity contribution in [3.63, 3.8) is 0 Å². The molecule has 0 bridgehead atoms. The van der Waals surface area contributed by atoms with Crippen molar-refractivity contribution in [2.45, 2.75) is 37.7 Å². The first-order chi connectivity index (χ1) is 8.64. The quantitative estimate of drug-likeness (QED) is 0.850. The van der Waals surface area contributed by atoms with Crippen LogP contribution in [0.3, 0.4) is 0 Å². The summed E-state index contributed by atoms with van der Waals surface area (Å²) in [5, 5.41) is 3.43. The maximum Gasteiger partial charge on any atom is 0.124 e. The van der Waals surface area contributed by atoms with Gasteiger partial charge >= 0.3 is 0 Å². The van der Waals surface area contributed by atoms with Crippen LogP contribution in [0, 0.1) is 5.82 Å². The summed E-state index contributed by atoms with van der Waals surface area (Å²) >= 11 is 3.45. The van der Waals surface area contributed by atoms with Gasteiger partial charge < -0.3 is 10.1 Å². The molecule has 2 heterocycles. The summed E-state index contributed by atoms with van der Waals surface area (Å²) in [7, 11) is 0. The van der Waals surface area contributed by atoms with Gasteiger partial charge in [0.2, 0.25) is 0 Å². The minimum absolute atomic E-state index is 0.0544. The SMILES string of the molecule is CCC1CC2(CCO1)CNc1c(Br)cc(F)cc12. The molecule has 1 spiro atoms. The molecule has 2 nitrogen and oxygen atoms in total. The molecule has 2 aliphatic heterocycles. The number of nitrogens with one attached hydrogen (secondary N) is 1. The van der Waals surface area contributed by atoms with E-state index >= 15 is 0 Å². The second-order valence-corrected chi connectivity index (χ2v) is 6.15. The number of benzene rings is 1. The van der Waals surface area contributed by atoms with Gasteiger partial charge in [0.1, 0.15) is 5.82 Å². The molecular formula is C14H17BrFNO. The summed E-state index contributed by atoms with van der Waals surface area (Å²) in [5.41, 5.74) is 2.24. The molecule has 2 atom stereocenters. The minimum atomic E-state index is -0.164. The Bertz CT molecular complexity index is 479. The third-order valence-electron chi connectivity index (χ3n) is 4.24. The maximum absolute atomic E-state index is 13.7. The zero-order valence-corrected chi connectivity index (χ0v) is 12.0. The second kappa shape index (κ2) is 4.49. The van der Waals surface area contributed by atoms with Crippen molar-refractivity contribution in [2.75, 3.05) is 18.5 Å². The molecule has 2 aliphatic rings. The number of halogens is 2. The van der Waals surface area contributed by atoms with Crippen molar-refractivity contribution < 1.29 is 9.13 Å². The van der Waals surface area contributed by atoms with Gasteiger partial charge in [0, 0.05) is 23.0 Å². The van der Waals surface area contributed by atoms with Crippen LogP contribution >= 0.6 is 15.9 Å². The lowest BCUT2D eigenvalue weighted by Gasteiger charge is -2.38. The highest BCUT2D eigenvalue weighted by Gasteiger charge is 2.43. The molecule has 3 rings (SSSR count). The van der Waals surface area contributed by atoms with E-state index in [2.05, 4.69) is 28.2 Å². The van der Waals surface area contributed by atoms with E-state index in [-0.39, 0.29) is 11.2 Å². The van der Waals surface area contributed by atoms with Crippen LogP contribution in [0.1, 0.15) is 31.7 Å². The zero-order valence-electron chi connectivity index (χ0n) is 10.4. The summed E-state index contributed by atoms with van der Waals surface area (Å²) in [4.78, 5) is 0. The Morgan fingerprint density at radius 1 is 1.56 bits per heavy atom. The molecule has 1 N–H and O–H groups in total. The van der Waals surface area contributed by atoms with Gasteiger partial charge in [-0.25, -0.2) is 4.39 Å². The number of anilines is 1.